The molecular formula is C25H25F3N6O4S. The molecule has 1 unspecified atom stereocenters. The molecule has 0 aliphatic rings. The zero-order chi connectivity index (χ0) is 28.6. The number of rotatable bonds is 9. The maximum atomic E-state index is 12.7. The van der Waals surface area contributed by atoms with E-state index in [0.717, 1.165) is 41.6 Å². The molecule has 1 aromatic carbocycles. The van der Waals surface area contributed by atoms with E-state index in [0.29, 0.717) is 6.42 Å². The summed E-state index contributed by atoms with van der Waals surface area (Å²) in [4.78, 5) is 20.8. The summed E-state index contributed by atoms with van der Waals surface area (Å²) in [6.45, 7) is 2.10. The van der Waals surface area contributed by atoms with Crippen LogP contribution < -0.4 is 0 Å². The molecule has 0 amide bonds. The number of carboxylic acids is 1. The van der Waals surface area contributed by atoms with Gasteiger partial charge in [-0.05, 0) is 37.5 Å². The van der Waals surface area contributed by atoms with Gasteiger partial charge in [-0.1, -0.05) is 25.5 Å². The van der Waals surface area contributed by atoms with Crippen LogP contribution in [0.5, 0.6) is 0 Å². The summed E-state index contributed by atoms with van der Waals surface area (Å²) >= 11 is 0. The van der Waals surface area contributed by atoms with E-state index in [1.165, 1.54) is 18.5 Å². The van der Waals surface area contributed by atoms with E-state index in [4.69, 9.17) is 9.90 Å². The fraction of sp³-hybridized carbons (Fsp3) is 0.320. The number of aromatic nitrogens is 5. The van der Waals surface area contributed by atoms with Crippen molar-refractivity contribution in [2.24, 2.45) is 0 Å². The molecule has 0 spiro atoms. The van der Waals surface area contributed by atoms with Gasteiger partial charge in [-0.15, -0.1) is 0 Å². The molecule has 10 nitrogen and oxygen atoms in total. The Kier molecular flexibility index (Phi) is 9.42. The molecule has 0 saturated carbocycles. The topological polar surface area (TPSA) is 155 Å². The van der Waals surface area contributed by atoms with E-state index in [9.17, 15) is 26.9 Å². The summed E-state index contributed by atoms with van der Waals surface area (Å²) in [5, 5.41) is 21.8. The summed E-state index contributed by atoms with van der Waals surface area (Å²) in [6, 6.07) is 10.4. The molecule has 0 bridgehead atoms. The van der Waals surface area contributed by atoms with Crippen LogP contribution in [0.15, 0.2) is 60.1 Å². The lowest BCUT2D eigenvalue weighted by molar-refractivity contribution is -0.192. The largest absolute Gasteiger partial charge is 0.490 e. The van der Waals surface area contributed by atoms with E-state index in [1.807, 2.05) is 29.2 Å². The highest BCUT2D eigenvalue weighted by atomic mass is 32.2. The molecule has 0 aliphatic carbocycles. The van der Waals surface area contributed by atoms with Crippen molar-refractivity contribution >= 4 is 26.8 Å². The lowest BCUT2D eigenvalue weighted by Gasteiger charge is -2.15. The Morgan fingerprint density at radius 3 is 2.59 bits per heavy atom. The van der Waals surface area contributed by atoms with Gasteiger partial charge in [-0.25, -0.2) is 23.2 Å². The third-order valence-corrected chi connectivity index (χ3v) is 7.71. The highest BCUT2D eigenvalue weighted by molar-refractivity contribution is 7.91. The van der Waals surface area contributed by atoms with Gasteiger partial charge in [0, 0.05) is 23.3 Å². The minimum absolute atomic E-state index is 0.0267. The van der Waals surface area contributed by atoms with E-state index in [-0.39, 0.29) is 22.3 Å². The maximum Gasteiger partial charge on any atom is 0.490 e. The second kappa shape index (κ2) is 12.5. The average Bonchev–Trinajstić information content (AvgIpc) is 3.58. The molecule has 1 atom stereocenters. The number of benzene rings is 1. The normalized spacial score (nSPS) is 12.4. The minimum Gasteiger partial charge on any atom is -0.475 e. The van der Waals surface area contributed by atoms with Crippen molar-refractivity contribution in [3.63, 3.8) is 0 Å². The zero-order valence-electron chi connectivity index (χ0n) is 20.8. The first-order valence-electron chi connectivity index (χ1n) is 11.8. The van der Waals surface area contributed by atoms with Crippen LogP contribution in [0.4, 0.5) is 13.2 Å². The van der Waals surface area contributed by atoms with Gasteiger partial charge in [-0.2, -0.15) is 23.5 Å². The number of hydrogen-bond donors (Lipinski definition) is 2. The van der Waals surface area contributed by atoms with Crippen LogP contribution in [0.25, 0.3) is 22.3 Å². The van der Waals surface area contributed by atoms with Crippen molar-refractivity contribution in [2.75, 3.05) is 5.75 Å². The van der Waals surface area contributed by atoms with Gasteiger partial charge in [0.25, 0.3) is 0 Å². The second-order valence-electron chi connectivity index (χ2n) is 8.46. The lowest BCUT2D eigenvalue weighted by Crippen LogP contribution is -2.21. The smallest absolute Gasteiger partial charge is 0.475 e. The van der Waals surface area contributed by atoms with Crippen molar-refractivity contribution in [3.05, 3.63) is 60.8 Å². The van der Waals surface area contributed by atoms with Gasteiger partial charge in [0.15, 0.2) is 9.84 Å². The second-order valence-corrected chi connectivity index (χ2v) is 10.5. The van der Waals surface area contributed by atoms with Crippen molar-refractivity contribution < 1.29 is 31.5 Å². The van der Waals surface area contributed by atoms with Crippen molar-refractivity contribution in [2.45, 2.75) is 49.7 Å². The molecule has 3 heterocycles. The van der Waals surface area contributed by atoms with Gasteiger partial charge < -0.3 is 10.1 Å². The number of nitriles is 1. The Morgan fingerprint density at radius 2 is 1.92 bits per heavy atom. The van der Waals surface area contributed by atoms with E-state index in [1.54, 1.807) is 18.3 Å². The Labute approximate surface area is 222 Å². The monoisotopic (exact) mass is 562 g/mol. The SMILES string of the molecule is CCC(CCCCS(=O)(=O)c1ccccc1C#N)n1cc(-c2ncnc3[nH]ccc23)cn1.O=C(O)C(F)(F)F. The number of nitrogens with zero attached hydrogens (tertiary/aromatic N) is 5. The highest BCUT2D eigenvalue weighted by Crippen LogP contribution is 2.27. The molecule has 0 saturated heterocycles. The predicted molar refractivity (Wildman–Crippen MR) is 135 cm³/mol. The Morgan fingerprint density at radius 1 is 1.21 bits per heavy atom. The molecule has 2 N–H and O–H groups in total. The number of sulfone groups is 1. The summed E-state index contributed by atoms with van der Waals surface area (Å²) in [5.41, 5.74) is 2.74. The Bertz CT molecular complexity index is 1570. The summed E-state index contributed by atoms with van der Waals surface area (Å²) in [7, 11) is -3.48. The fourth-order valence-electron chi connectivity index (χ4n) is 3.90. The van der Waals surface area contributed by atoms with Crippen LogP contribution in [0.1, 0.15) is 44.2 Å². The molecule has 206 valence electrons. The van der Waals surface area contributed by atoms with Gasteiger partial charge in [-0.3, -0.25) is 4.68 Å². The molecule has 4 rings (SSSR count). The minimum atomic E-state index is -5.08. The van der Waals surface area contributed by atoms with Gasteiger partial charge in [0.05, 0.1) is 34.1 Å². The lowest BCUT2D eigenvalue weighted by atomic mass is 10.1. The van der Waals surface area contributed by atoms with Crippen molar-refractivity contribution in [1.82, 2.24) is 24.7 Å². The van der Waals surface area contributed by atoms with Crippen LogP contribution >= 0.6 is 0 Å². The van der Waals surface area contributed by atoms with Crippen molar-refractivity contribution in [3.8, 4) is 17.3 Å². The molecule has 0 aliphatic heterocycles. The maximum absolute atomic E-state index is 12.7. The molecule has 14 heteroatoms. The Hall–Kier alpha value is -4.25. The van der Waals surface area contributed by atoms with E-state index < -0.39 is 22.0 Å². The number of fused-ring (bicyclic) bond motifs is 1. The number of H-pyrrole nitrogens is 1. The number of halogens is 3. The number of aliphatic carboxylic acids is 1. The first-order valence-corrected chi connectivity index (χ1v) is 13.5. The molecule has 3 aromatic heterocycles. The number of unbranched alkanes of at least 4 members (excludes halogenated alkanes) is 1. The summed E-state index contributed by atoms with van der Waals surface area (Å²) < 4.78 is 59.0. The summed E-state index contributed by atoms with van der Waals surface area (Å²) in [5.74, 6) is -2.73. The van der Waals surface area contributed by atoms with Crippen LogP contribution in [0, 0.1) is 11.3 Å². The standard InChI is InChI=1S/C23H24N6O2S.C2HF3O2/c1-2-19(8-5-6-12-32(30,31)21-9-4-3-7-17(21)13-24)29-15-18(14-28-29)22-20-10-11-25-23(20)27-16-26-22;3-2(4,5)1(6)7/h3-4,7,9-11,14-16,19H,2,5-6,8,12H2,1H3,(H,25,26,27);(H,6,7). The van der Waals surface area contributed by atoms with E-state index in [2.05, 4.69) is 27.0 Å². The number of hydrogen-bond acceptors (Lipinski definition) is 7. The van der Waals surface area contributed by atoms with Gasteiger partial charge >= 0.3 is 12.1 Å². The van der Waals surface area contributed by atoms with Gasteiger partial charge in [0.2, 0.25) is 0 Å². The molecular weight excluding hydrogens is 537 g/mol. The van der Waals surface area contributed by atoms with Crippen LogP contribution in [0.2, 0.25) is 0 Å². The number of alkyl halides is 3. The molecule has 4 aromatic rings. The fourth-order valence-corrected chi connectivity index (χ4v) is 5.44. The molecule has 39 heavy (non-hydrogen) atoms. The van der Waals surface area contributed by atoms with E-state index >= 15 is 0 Å². The third kappa shape index (κ3) is 7.41. The van der Waals surface area contributed by atoms with Gasteiger partial charge in [0.1, 0.15) is 18.0 Å². The van der Waals surface area contributed by atoms with Crippen LogP contribution in [0.3, 0.4) is 0 Å². The first-order chi connectivity index (χ1) is 18.5. The summed E-state index contributed by atoms with van der Waals surface area (Å²) in [6.07, 6.45) is 5.06. The number of carboxylic acid groups (broad SMARTS) is 1. The first kappa shape index (κ1) is 29.3. The molecule has 0 radical (unpaired) electrons. The third-order valence-electron chi connectivity index (χ3n) is 5.86. The zero-order valence-corrected chi connectivity index (χ0v) is 21.6. The number of carbonyl (C=O) groups is 1. The average molecular weight is 563 g/mol. The number of aromatic amines is 1. The molecule has 0 fully saturated rings. The Balaban J connectivity index is 0.000000532. The predicted octanol–water partition coefficient (Wildman–Crippen LogP) is 4.92. The van der Waals surface area contributed by atoms with Crippen molar-refractivity contribution in [1.29, 1.82) is 5.26 Å². The van der Waals surface area contributed by atoms with Crippen LogP contribution in [-0.4, -0.2) is 56.2 Å². The number of nitrogens with one attached hydrogen (secondary N) is 1. The highest BCUT2D eigenvalue weighted by Gasteiger charge is 2.38. The van der Waals surface area contributed by atoms with Crippen LogP contribution in [-0.2, 0) is 14.6 Å². The quantitative estimate of drug-likeness (QED) is 0.272.